The van der Waals surface area contributed by atoms with Crippen LogP contribution in [0.25, 0.3) is 0 Å². The van der Waals surface area contributed by atoms with E-state index in [1.54, 1.807) is 13.8 Å². The van der Waals surface area contributed by atoms with Gasteiger partial charge >= 0.3 is 10.3 Å². The number of rotatable bonds is 4. The van der Waals surface area contributed by atoms with Gasteiger partial charge in [-0.3, -0.25) is 9.45 Å². The Hall–Kier alpha value is -1.19. The number of nitrogens with one attached hydrogen (secondary N) is 1. The maximum Gasteiger partial charge on any atom is 0.334 e. The van der Waals surface area contributed by atoms with Gasteiger partial charge in [0.1, 0.15) is 5.75 Å². The van der Waals surface area contributed by atoms with Crippen molar-refractivity contribution < 1.29 is 17.7 Å². The van der Waals surface area contributed by atoms with Crippen LogP contribution in [0.1, 0.15) is 38.8 Å². The highest BCUT2D eigenvalue weighted by atomic mass is 32.2. The molecule has 1 unspecified atom stereocenters. The van der Waals surface area contributed by atoms with Crippen LogP contribution in [-0.2, 0) is 21.3 Å². The molecule has 0 spiro atoms. The highest BCUT2D eigenvalue weighted by Gasteiger charge is 2.46. The van der Waals surface area contributed by atoms with Crippen molar-refractivity contribution >= 4 is 10.3 Å². The second-order valence-corrected chi connectivity index (χ2v) is 9.60. The average Bonchev–Trinajstić information content (AvgIpc) is 2.77. The van der Waals surface area contributed by atoms with E-state index in [1.807, 2.05) is 18.2 Å². The highest BCUT2D eigenvalue weighted by Crippen LogP contribution is 2.45. The normalized spacial score (nSPS) is 24.3. The van der Waals surface area contributed by atoms with Crippen LogP contribution in [0.3, 0.4) is 0 Å². The predicted octanol–water partition coefficient (Wildman–Crippen LogP) is 1.56. The summed E-state index contributed by atoms with van der Waals surface area (Å²) in [5.74, 6) is 0.838. The van der Waals surface area contributed by atoms with Gasteiger partial charge in [-0.05, 0) is 38.6 Å². The van der Waals surface area contributed by atoms with E-state index in [2.05, 4.69) is 35.4 Å². The molecule has 1 aromatic rings. The monoisotopic (exact) mass is 383 g/mol. The minimum atomic E-state index is -4.30. The van der Waals surface area contributed by atoms with Gasteiger partial charge in [0.15, 0.2) is 6.23 Å². The summed E-state index contributed by atoms with van der Waals surface area (Å²) < 4.78 is 40.3. The van der Waals surface area contributed by atoms with Gasteiger partial charge in [0, 0.05) is 37.2 Å². The molecule has 2 aliphatic heterocycles. The van der Waals surface area contributed by atoms with Crippen LogP contribution in [-0.4, -0.2) is 62.2 Å². The average molecular weight is 384 g/mol. The number of likely N-dealkylation sites (N-methyl/N-ethyl adjacent to an activating group) is 1. The third-order valence-corrected chi connectivity index (χ3v) is 6.27. The first-order chi connectivity index (χ1) is 11.9. The predicted molar refractivity (Wildman–Crippen MR) is 101 cm³/mol. The molecule has 0 saturated carbocycles. The third kappa shape index (κ3) is 3.75. The van der Waals surface area contributed by atoms with E-state index < -0.39 is 15.8 Å². The van der Waals surface area contributed by atoms with Crippen molar-refractivity contribution in [1.82, 2.24) is 14.5 Å². The van der Waals surface area contributed by atoms with Gasteiger partial charge in [0.05, 0.1) is 5.54 Å². The number of hydrogen-bond donors (Lipinski definition) is 2. The van der Waals surface area contributed by atoms with E-state index in [9.17, 15) is 13.0 Å². The fourth-order valence-corrected chi connectivity index (χ4v) is 4.66. The quantitative estimate of drug-likeness (QED) is 0.768. The van der Waals surface area contributed by atoms with Gasteiger partial charge in [-0.2, -0.15) is 13.1 Å². The van der Waals surface area contributed by atoms with Gasteiger partial charge in [0.2, 0.25) is 0 Å². The molecule has 26 heavy (non-hydrogen) atoms. The third-order valence-electron chi connectivity index (χ3n) is 5.51. The standard InChI is InChI=1S/C18H29N3O4S/c1-17(2)14-12-13(18(3,4)19-26(22,23)24)6-7-15(14)25-16(17)21-10-8-20(5)9-11-21/h6-7,12,16,19H,8-11H2,1-5H3,(H,22,23,24). The molecule has 0 amide bonds. The minimum absolute atomic E-state index is 0.0425. The Bertz CT molecular complexity index is 784. The zero-order valence-corrected chi connectivity index (χ0v) is 16.9. The fourth-order valence-electron chi connectivity index (χ4n) is 3.89. The highest BCUT2D eigenvalue weighted by molar-refractivity contribution is 7.83. The fraction of sp³-hybridized carbons (Fsp3) is 0.667. The van der Waals surface area contributed by atoms with Crippen LogP contribution in [0, 0.1) is 0 Å². The maximum atomic E-state index is 11.3. The van der Waals surface area contributed by atoms with Gasteiger partial charge in [0.25, 0.3) is 0 Å². The second-order valence-electron chi connectivity index (χ2n) is 8.44. The zero-order valence-electron chi connectivity index (χ0n) is 16.1. The largest absolute Gasteiger partial charge is 0.474 e. The van der Waals surface area contributed by atoms with E-state index in [-0.39, 0.29) is 11.6 Å². The van der Waals surface area contributed by atoms with E-state index in [1.165, 1.54) is 0 Å². The van der Waals surface area contributed by atoms with E-state index >= 15 is 0 Å². The molecule has 2 heterocycles. The van der Waals surface area contributed by atoms with Crippen molar-refractivity contribution in [2.45, 2.75) is 44.9 Å². The Morgan fingerprint density at radius 2 is 1.85 bits per heavy atom. The van der Waals surface area contributed by atoms with E-state index in [0.29, 0.717) is 0 Å². The Balaban J connectivity index is 1.89. The van der Waals surface area contributed by atoms with Crippen molar-refractivity contribution in [1.29, 1.82) is 0 Å². The first-order valence-electron chi connectivity index (χ1n) is 8.91. The second kappa shape index (κ2) is 6.45. The lowest BCUT2D eigenvalue weighted by Gasteiger charge is -2.40. The molecule has 1 aromatic carbocycles. The topological polar surface area (TPSA) is 82.1 Å². The van der Waals surface area contributed by atoms with Crippen molar-refractivity contribution in [2.75, 3.05) is 33.2 Å². The Morgan fingerprint density at radius 1 is 1.23 bits per heavy atom. The summed E-state index contributed by atoms with van der Waals surface area (Å²) in [7, 11) is -2.17. The van der Waals surface area contributed by atoms with E-state index in [4.69, 9.17) is 4.74 Å². The first-order valence-corrected chi connectivity index (χ1v) is 10.3. The SMILES string of the molecule is CN1CCN(C2Oc3ccc(C(C)(C)NS(=O)(=O)O)cc3C2(C)C)CC1. The summed E-state index contributed by atoms with van der Waals surface area (Å²) in [6.07, 6.45) is -0.0425. The first kappa shape index (κ1) is 19.6. The Morgan fingerprint density at radius 3 is 2.42 bits per heavy atom. The molecule has 7 nitrogen and oxygen atoms in total. The molecular weight excluding hydrogens is 354 g/mol. The van der Waals surface area contributed by atoms with Crippen LogP contribution in [0.4, 0.5) is 0 Å². The summed E-state index contributed by atoms with van der Waals surface area (Å²) in [4.78, 5) is 4.69. The molecule has 0 aliphatic carbocycles. The van der Waals surface area contributed by atoms with Crippen molar-refractivity contribution in [3.05, 3.63) is 29.3 Å². The van der Waals surface area contributed by atoms with Crippen molar-refractivity contribution in [3.8, 4) is 5.75 Å². The van der Waals surface area contributed by atoms with Crippen LogP contribution in [0.2, 0.25) is 0 Å². The smallest absolute Gasteiger partial charge is 0.334 e. The van der Waals surface area contributed by atoms with Gasteiger partial charge in [-0.25, -0.2) is 0 Å². The van der Waals surface area contributed by atoms with Crippen LogP contribution in [0.15, 0.2) is 18.2 Å². The molecule has 8 heteroatoms. The van der Waals surface area contributed by atoms with Crippen LogP contribution >= 0.6 is 0 Å². The summed E-state index contributed by atoms with van der Waals surface area (Å²) in [6, 6.07) is 5.74. The zero-order chi connectivity index (χ0) is 19.3. The lowest BCUT2D eigenvalue weighted by atomic mass is 9.81. The molecule has 1 atom stereocenters. The summed E-state index contributed by atoms with van der Waals surface area (Å²) >= 11 is 0. The summed E-state index contributed by atoms with van der Waals surface area (Å²) in [6.45, 7) is 11.7. The molecule has 0 radical (unpaired) electrons. The molecule has 1 saturated heterocycles. The van der Waals surface area contributed by atoms with Gasteiger partial charge in [-0.15, -0.1) is 0 Å². The molecule has 1 fully saturated rings. The number of nitrogens with zero attached hydrogens (tertiary/aromatic N) is 2. The molecule has 3 rings (SSSR count). The van der Waals surface area contributed by atoms with E-state index in [0.717, 1.165) is 43.1 Å². The molecule has 0 bridgehead atoms. The lowest BCUT2D eigenvalue weighted by Crippen LogP contribution is -2.55. The van der Waals surface area contributed by atoms with Crippen molar-refractivity contribution in [2.24, 2.45) is 0 Å². The number of hydrogen-bond acceptors (Lipinski definition) is 5. The molecule has 2 aliphatic rings. The van der Waals surface area contributed by atoms with Gasteiger partial charge < -0.3 is 9.64 Å². The Kier molecular flexibility index (Phi) is 4.86. The molecule has 146 valence electrons. The summed E-state index contributed by atoms with van der Waals surface area (Å²) in [5, 5.41) is 0. The molecule has 0 aromatic heterocycles. The lowest BCUT2D eigenvalue weighted by molar-refractivity contribution is -0.0257. The molecular formula is C18H29N3O4S. The number of piperazine rings is 1. The molecule has 2 N–H and O–H groups in total. The number of ether oxygens (including phenoxy) is 1. The maximum absolute atomic E-state index is 11.3. The van der Waals surface area contributed by atoms with Crippen molar-refractivity contribution in [3.63, 3.8) is 0 Å². The summed E-state index contributed by atoms with van der Waals surface area (Å²) in [5.41, 5.74) is 0.689. The minimum Gasteiger partial charge on any atom is -0.474 e. The van der Waals surface area contributed by atoms with Gasteiger partial charge in [-0.1, -0.05) is 19.9 Å². The van der Waals surface area contributed by atoms with Crippen LogP contribution in [0.5, 0.6) is 5.75 Å². The van der Waals surface area contributed by atoms with Crippen LogP contribution < -0.4 is 9.46 Å². The number of fused-ring (bicyclic) bond motifs is 1. The number of benzene rings is 1. The Labute approximate surface area is 156 Å².